The summed E-state index contributed by atoms with van der Waals surface area (Å²) < 4.78 is 7.53. The largest absolute Gasteiger partial charge is 0.496 e. The van der Waals surface area contributed by atoms with Gasteiger partial charge in [-0.25, -0.2) is 4.98 Å². The molecule has 0 radical (unpaired) electrons. The molecule has 0 saturated carbocycles. The van der Waals surface area contributed by atoms with Gasteiger partial charge in [0.15, 0.2) is 0 Å². The molecule has 25 heavy (non-hydrogen) atoms. The maximum absolute atomic E-state index is 5.49. The van der Waals surface area contributed by atoms with Crippen molar-refractivity contribution in [3.8, 4) is 5.75 Å². The molecule has 0 aliphatic carbocycles. The predicted octanol–water partition coefficient (Wildman–Crippen LogP) is 3.95. The molecule has 0 unspecified atom stereocenters. The van der Waals surface area contributed by atoms with Crippen LogP contribution in [0.15, 0.2) is 66.1 Å². The first-order chi connectivity index (χ1) is 12.3. The third-order valence-corrected chi connectivity index (χ3v) is 4.82. The normalized spacial score (nSPS) is 10.8. The molecule has 1 aromatic heterocycles. The number of thioether (sulfide) groups is 1. The van der Waals surface area contributed by atoms with Crippen molar-refractivity contribution in [1.82, 2.24) is 14.9 Å². The van der Waals surface area contributed by atoms with Crippen molar-refractivity contribution in [3.05, 3.63) is 77.9 Å². The molecule has 4 nitrogen and oxygen atoms in total. The monoisotopic (exact) mass is 353 g/mol. The van der Waals surface area contributed by atoms with E-state index in [1.54, 1.807) is 25.1 Å². The molecular formula is C20H23N3OS. The first-order valence-electron chi connectivity index (χ1n) is 8.23. The highest BCUT2D eigenvalue weighted by Gasteiger charge is 2.05. The van der Waals surface area contributed by atoms with Gasteiger partial charge in [0.25, 0.3) is 0 Å². The molecule has 0 aliphatic heterocycles. The summed E-state index contributed by atoms with van der Waals surface area (Å²) >= 11 is 1.77. The number of hydrogen-bond acceptors (Lipinski definition) is 4. The first kappa shape index (κ1) is 17.6. The third kappa shape index (κ3) is 4.87. The molecule has 0 amide bonds. The molecule has 0 fully saturated rings. The van der Waals surface area contributed by atoms with Crippen LogP contribution in [0.2, 0.25) is 0 Å². The van der Waals surface area contributed by atoms with Crippen LogP contribution in [-0.4, -0.2) is 22.9 Å². The van der Waals surface area contributed by atoms with Crippen LogP contribution < -0.4 is 10.1 Å². The fraction of sp³-hybridized carbons (Fsp3) is 0.250. The van der Waals surface area contributed by atoms with Gasteiger partial charge in [-0.3, -0.25) is 0 Å². The van der Waals surface area contributed by atoms with Crippen LogP contribution in [0.25, 0.3) is 0 Å². The molecule has 2 aromatic carbocycles. The van der Waals surface area contributed by atoms with Gasteiger partial charge in [-0.15, -0.1) is 11.8 Å². The van der Waals surface area contributed by atoms with Crippen LogP contribution >= 0.6 is 11.8 Å². The smallest absolute Gasteiger partial charge is 0.123 e. The van der Waals surface area contributed by atoms with Gasteiger partial charge >= 0.3 is 0 Å². The highest BCUT2D eigenvalue weighted by atomic mass is 32.2. The second-order valence-electron chi connectivity index (χ2n) is 5.83. The first-order valence-corrected chi connectivity index (χ1v) is 9.46. The Labute approximate surface area is 153 Å². The highest BCUT2D eigenvalue weighted by molar-refractivity contribution is 7.98. The molecule has 0 spiro atoms. The third-order valence-electron chi connectivity index (χ3n) is 4.07. The molecule has 3 aromatic rings. The number of rotatable bonds is 8. The van der Waals surface area contributed by atoms with Crippen LogP contribution in [-0.2, 0) is 19.6 Å². The highest BCUT2D eigenvalue weighted by Crippen LogP contribution is 2.21. The van der Waals surface area contributed by atoms with E-state index in [0.29, 0.717) is 0 Å². The van der Waals surface area contributed by atoms with Gasteiger partial charge < -0.3 is 14.6 Å². The number of imidazole rings is 1. The summed E-state index contributed by atoms with van der Waals surface area (Å²) in [6, 6.07) is 15.0. The van der Waals surface area contributed by atoms with Gasteiger partial charge in [0.05, 0.1) is 20.0 Å². The van der Waals surface area contributed by atoms with E-state index in [2.05, 4.69) is 53.0 Å². The lowest BCUT2D eigenvalue weighted by atomic mass is 10.1. The lowest BCUT2D eigenvalue weighted by molar-refractivity contribution is 0.408. The Morgan fingerprint density at radius 3 is 2.52 bits per heavy atom. The standard InChI is InChI=1S/C20H23N3OS/c1-24-20-8-5-17(11-18(20)14-23-10-9-21-15-23)13-22-12-16-3-6-19(25-2)7-4-16/h3-11,15,22H,12-14H2,1-2H3. The van der Waals surface area contributed by atoms with Crippen molar-refractivity contribution in [2.45, 2.75) is 24.5 Å². The van der Waals surface area contributed by atoms with Crippen molar-refractivity contribution < 1.29 is 4.74 Å². The second kappa shape index (κ2) is 8.74. The van der Waals surface area contributed by atoms with E-state index >= 15 is 0 Å². The summed E-state index contributed by atoms with van der Waals surface area (Å²) in [4.78, 5) is 5.39. The van der Waals surface area contributed by atoms with Crippen LogP contribution in [0.3, 0.4) is 0 Å². The Morgan fingerprint density at radius 2 is 1.84 bits per heavy atom. The van der Waals surface area contributed by atoms with E-state index in [9.17, 15) is 0 Å². The van der Waals surface area contributed by atoms with E-state index < -0.39 is 0 Å². The van der Waals surface area contributed by atoms with Crippen molar-refractivity contribution in [2.75, 3.05) is 13.4 Å². The molecule has 0 aliphatic rings. The van der Waals surface area contributed by atoms with Crippen molar-refractivity contribution >= 4 is 11.8 Å². The molecule has 130 valence electrons. The van der Waals surface area contributed by atoms with Gasteiger partial charge in [0, 0.05) is 35.9 Å². The number of aromatic nitrogens is 2. The van der Waals surface area contributed by atoms with Gasteiger partial charge in [-0.05, 0) is 41.6 Å². The zero-order valence-electron chi connectivity index (χ0n) is 14.6. The zero-order valence-corrected chi connectivity index (χ0v) is 15.4. The van der Waals surface area contributed by atoms with Crippen LogP contribution in [0.5, 0.6) is 5.75 Å². The summed E-state index contributed by atoms with van der Waals surface area (Å²) in [5.74, 6) is 0.908. The fourth-order valence-electron chi connectivity index (χ4n) is 2.74. The van der Waals surface area contributed by atoms with Crippen LogP contribution in [0.4, 0.5) is 0 Å². The number of methoxy groups -OCH3 is 1. The van der Waals surface area contributed by atoms with Gasteiger partial charge in [0.2, 0.25) is 0 Å². The Bertz CT molecular complexity index is 785. The van der Waals surface area contributed by atoms with Crippen molar-refractivity contribution in [3.63, 3.8) is 0 Å². The second-order valence-corrected chi connectivity index (χ2v) is 6.71. The van der Waals surface area contributed by atoms with E-state index in [0.717, 1.165) is 30.9 Å². The topological polar surface area (TPSA) is 39.1 Å². The van der Waals surface area contributed by atoms with Gasteiger partial charge in [-0.2, -0.15) is 0 Å². The minimum Gasteiger partial charge on any atom is -0.496 e. The molecule has 1 N–H and O–H groups in total. The van der Waals surface area contributed by atoms with E-state index in [4.69, 9.17) is 4.74 Å². The Hall–Kier alpha value is -2.24. The van der Waals surface area contributed by atoms with Crippen LogP contribution in [0.1, 0.15) is 16.7 Å². The molecule has 0 bridgehead atoms. The summed E-state index contributed by atoms with van der Waals surface area (Å²) in [5.41, 5.74) is 3.70. The maximum atomic E-state index is 5.49. The molecule has 5 heteroatoms. The van der Waals surface area contributed by atoms with E-state index in [1.165, 1.54) is 16.0 Å². The minimum absolute atomic E-state index is 0.757. The number of hydrogen-bond donors (Lipinski definition) is 1. The number of nitrogens with zero attached hydrogens (tertiary/aromatic N) is 2. The lowest BCUT2D eigenvalue weighted by Gasteiger charge is -2.12. The fourth-order valence-corrected chi connectivity index (χ4v) is 3.15. The minimum atomic E-state index is 0.757. The molecule has 3 rings (SSSR count). The molecular weight excluding hydrogens is 330 g/mol. The molecule has 0 atom stereocenters. The molecule has 0 saturated heterocycles. The summed E-state index contributed by atoms with van der Waals surface area (Å²) in [5, 5.41) is 3.51. The zero-order chi connectivity index (χ0) is 17.5. The van der Waals surface area contributed by atoms with E-state index in [1.807, 2.05) is 23.2 Å². The van der Waals surface area contributed by atoms with E-state index in [-0.39, 0.29) is 0 Å². The Kier molecular flexibility index (Phi) is 6.14. The SMILES string of the molecule is COc1ccc(CNCc2ccc(SC)cc2)cc1Cn1ccnc1. The van der Waals surface area contributed by atoms with Crippen molar-refractivity contribution in [1.29, 1.82) is 0 Å². The Morgan fingerprint density at radius 1 is 1.08 bits per heavy atom. The lowest BCUT2D eigenvalue weighted by Crippen LogP contribution is -2.13. The number of ether oxygens (including phenoxy) is 1. The quantitative estimate of drug-likeness (QED) is 0.622. The summed E-state index contributed by atoms with van der Waals surface area (Å²) in [7, 11) is 1.71. The Balaban J connectivity index is 1.61. The average Bonchev–Trinajstić information content (AvgIpc) is 3.16. The summed E-state index contributed by atoms with van der Waals surface area (Å²) in [6.07, 6.45) is 7.67. The van der Waals surface area contributed by atoms with Crippen LogP contribution in [0, 0.1) is 0 Å². The van der Waals surface area contributed by atoms with Gasteiger partial charge in [0.1, 0.15) is 5.75 Å². The van der Waals surface area contributed by atoms with Crippen molar-refractivity contribution in [2.24, 2.45) is 0 Å². The molecule has 1 heterocycles. The summed E-state index contributed by atoms with van der Waals surface area (Å²) in [6.45, 7) is 2.44. The van der Waals surface area contributed by atoms with Gasteiger partial charge in [-0.1, -0.05) is 18.2 Å². The predicted molar refractivity (Wildman–Crippen MR) is 103 cm³/mol. The average molecular weight is 353 g/mol. The maximum Gasteiger partial charge on any atom is 0.123 e. The number of benzene rings is 2. The number of nitrogens with one attached hydrogen (secondary N) is 1.